The molecule has 0 N–H and O–H groups in total. The minimum absolute atomic E-state index is 0.106. The Hall–Kier alpha value is -7.88. The van der Waals surface area contributed by atoms with E-state index in [1.54, 1.807) is 0 Å². The zero-order valence-corrected chi connectivity index (χ0v) is 36.9. The van der Waals surface area contributed by atoms with Crippen LogP contribution in [0.15, 0.2) is 200 Å². The molecule has 0 amide bonds. The van der Waals surface area contributed by atoms with Gasteiger partial charge in [0, 0.05) is 38.4 Å². The quantitative estimate of drug-likeness (QED) is 0.162. The van der Waals surface area contributed by atoms with E-state index in [1.165, 1.54) is 72.1 Å². The maximum Gasteiger partial charge on any atom is 0.145 e. The molecule has 3 nitrogen and oxygen atoms in total. The average molecular weight is 832 g/mol. The zero-order valence-electron chi connectivity index (χ0n) is 36.9. The van der Waals surface area contributed by atoms with Crippen molar-refractivity contribution in [1.82, 2.24) is 14.5 Å². The summed E-state index contributed by atoms with van der Waals surface area (Å²) in [5, 5.41) is 3.47. The summed E-state index contributed by atoms with van der Waals surface area (Å²) in [6.07, 6.45) is 0. The third kappa shape index (κ3) is 5.55. The Morgan fingerprint density at radius 1 is 0.354 bits per heavy atom. The van der Waals surface area contributed by atoms with Crippen LogP contribution in [-0.4, -0.2) is 14.5 Å². The van der Waals surface area contributed by atoms with Crippen molar-refractivity contribution in [2.75, 3.05) is 0 Å². The second-order valence-corrected chi connectivity index (χ2v) is 19.0. The summed E-state index contributed by atoms with van der Waals surface area (Å²) in [5.41, 5.74) is 22.4. The van der Waals surface area contributed by atoms with Crippen molar-refractivity contribution < 1.29 is 0 Å². The van der Waals surface area contributed by atoms with E-state index in [1.807, 2.05) is 0 Å². The van der Waals surface area contributed by atoms with Gasteiger partial charge in [0.25, 0.3) is 0 Å². The van der Waals surface area contributed by atoms with Crippen molar-refractivity contribution >= 4 is 32.7 Å². The Kier molecular flexibility index (Phi) is 8.00. The van der Waals surface area contributed by atoms with Crippen LogP contribution in [0.3, 0.4) is 0 Å². The highest BCUT2D eigenvalue weighted by Crippen LogP contribution is 2.52. The van der Waals surface area contributed by atoms with Crippen LogP contribution in [0.2, 0.25) is 0 Å². The summed E-state index contributed by atoms with van der Waals surface area (Å²) in [6.45, 7) is 9.46. The van der Waals surface area contributed by atoms with Crippen LogP contribution in [0.25, 0.3) is 106 Å². The van der Waals surface area contributed by atoms with Crippen molar-refractivity contribution in [3.8, 4) is 72.8 Å². The minimum Gasteiger partial charge on any atom is -0.292 e. The van der Waals surface area contributed by atoms with E-state index in [4.69, 9.17) is 9.97 Å². The molecule has 65 heavy (non-hydrogen) atoms. The Morgan fingerprint density at radius 3 is 1.52 bits per heavy atom. The molecule has 2 heterocycles. The molecule has 11 aromatic rings. The number of aromatic nitrogens is 3. The van der Waals surface area contributed by atoms with Gasteiger partial charge in [-0.1, -0.05) is 179 Å². The van der Waals surface area contributed by atoms with E-state index in [2.05, 4.69) is 232 Å². The summed E-state index contributed by atoms with van der Waals surface area (Å²) in [7, 11) is 0. The normalized spacial score (nSPS) is 14.1. The van der Waals surface area contributed by atoms with E-state index < -0.39 is 0 Å². The van der Waals surface area contributed by atoms with Gasteiger partial charge in [0.15, 0.2) is 0 Å². The summed E-state index contributed by atoms with van der Waals surface area (Å²) in [6, 6.07) is 73.3. The molecule has 0 unspecified atom stereocenters. The highest BCUT2D eigenvalue weighted by atomic mass is 15.1. The number of hydrogen-bond donors (Lipinski definition) is 0. The second-order valence-electron chi connectivity index (χ2n) is 19.0. The first-order chi connectivity index (χ1) is 31.7. The molecule has 0 radical (unpaired) electrons. The predicted molar refractivity (Wildman–Crippen MR) is 271 cm³/mol. The van der Waals surface area contributed by atoms with Gasteiger partial charge < -0.3 is 0 Å². The Bertz CT molecular complexity index is 3760. The molecule has 9 aromatic carbocycles. The first-order valence-corrected chi connectivity index (χ1v) is 22.7. The topological polar surface area (TPSA) is 30.7 Å². The van der Waals surface area contributed by atoms with Crippen molar-refractivity contribution in [2.45, 2.75) is 38.5 Å². The smallest absolute Gasteiger partial charge is 0.145 e. The second kappa shape index (κ2) is 13.8. The summed E-state index contributed by atoms with van der Waals surface area (Å²) < 4.78 is 2.27. The zero-order chi connectivity index (χ0) is 43.6. The molecule has 13 rings (SSSR count). The summed E-state index contributed by atoms with van der Waals surface area (Å²) in [5.74, 6) is 0.912. The van der Waals surface area contributed by atoms with Crippen LogP contribution in [0.4, 0.5) is 0 Å². The number of hydrogen-bond acceptors (Lipinski definition) is 2. The van der Waals surface area contributed by atoms with Crippen molar-refractivity contribution in [3.63, 3.8) is 0 Å². The van der Waals surface area contributed by atoms with E-state index >= 15 is 0 Å². The lowest BCUT2D eigenvalue weighted by Gasteiger charge is -2.23. The third-order valence-corrected chi connectivity index (χ3v) is 14.6. The lowest BCUT2D eigenvalue weighted by molar-refractivity contribution is 0.660. The molecule has 0 saturated heterocycles. The Morgan fingerprint density at radius 2 is 0.877 bits per heavy atom. The lowest BCUT2D eigenvalue weighted by Crippen LogP contribution is -2.15. The monoisotopic (exact) mass is 831 g/mol. The molecule has 0 fully saturated rings. The van der Waals surface area contributed by atoms with Crippen LogP contribution in [0.1, 0.15) is 49.9 Å². The Balaban J connectivity index is 1.06. The van der Waals surface area contributed by atoms with Crippen LogP contribution in [-0.2, 0) is 10.8 Å². The fourth-order valence-corrected chi connectivity index (χ4v) is 11.3. The van der Waals surface area contributed by atoms with E-state index in [-0.39, 0.29) is 10.8 Å². The van der Waals surface area contributed by atoms with E-state index in [0.29, 0.717) is 0 Å². The fraction of sp³-hybridized carbons (Fsp3) is 0.0968. The number of rotatable bonds is 5. The van der Waals surface area contributed by atoms with Gasteiger partial charge in [0.05, 0.1) is 22.2 Å². The molecule has 2 aliphatic rings. The number of para-hydroxylation sites is 1. The van der Waals surface area contributed by atoms with Gasteiger partial charge >= 0.3 is 0 Å². The lowest BCUT2D eigenvalue weighted by atomic mass is 9.81. The molecule has 2 aromatic heterocycles. The number of fused-ring (bicyclic) bond motifs is 10. The first-order valence-electron chi connectivity index (χ1n) is 22.7. The predicted octanol–water partition coefficient (Wildman–Crippen LogP) is 16.0. The van der Waals surface area contributed by atoms with Gasteiger partial charge in [-0.05, 0) is 121 Å². The molecule has 0 saturated carbocycles. The van der Waals surface area contributed by atoms with Crippen LogP contribution in [0.5, 0.6) is 0 Å². The molecule has 0 bridgehead atoms. The molecule has 0 atom stereocenters. The molecule has 308 valence electrons. The molecule has 3 heteroatoms. The van der Waals surface area contributed by atoms with Gasteiger partial charge in [-0.15, -0.1) is 0 Å². The number of nitrogens with zero attached hydrogens (tertiary/aromatic N) is 3. The summed E-state index contributed by atoms with van der Waals surface area (Å²) >= 11 is 0. The van der Waals surface area contributed by atoms with Gasteiger partial charge in [-0.2, -0.15) is 0 Å². The van der Waals surface area contributed by atoms with E-state index in [0.717, 1.165) is 55.7 Å². The number of imidazole rings is 1. The van der Waals surface area contributed by atoms with Gasteiger partial charge in [-0.3, -0.25) is 4.57 Å². The SMILES string of the molecule is CC1(C)c2ccccc2-c2ccc(-c3cc4c(-c5ccc6c(c5)C(C)(C)c5ccccc5-6)cc(-c5ccc6c(c5)nc(-c5ccccc5)n6-c5ccccc5)nc4c4ccccc34)cc21. The average Bonchev–Trinajstić information content (AvgIpc) is 3.93. The number of benzene rings is 9. The van der Waals surface area contributed by atoms with Gasteiger partial charge in [0.2, 0.25) is 0 Å². The minimum atomic E-state index is -0.140. The fourth-order valence-electron chi connectivity index (χ4n) is 11.3. The van der Waals surface area contributed by atoms with E-state index in [9.17, 15) is 0 Å². The van der Waals surface area contributed by atoms with Crippen LogP contribution >= 0.6 is 0 Å². The third-order valence-electron chi connectivity index (χ3n) is 14.6. The maximum absolute atomic E-state index is 5.65. The molecule has 0 spiro atoms. The highest BCUT2D eigenvalue weighted by molar-refractivity contribution is 6.16. The largest absolute Gasteiger partial charge is 0.292 e. The maximum atomic E-state index is 5.65. The van der Waals surface area contributed by atoms with Gasteiger partial charge in [-0.25, -0.2) is 9.97 Å². The standard InChI is InChI=1S/C62H45N3/c1-61(2)52-25-15-13-22-44(52)46-30-27-39(33-54(46)61)49-36-51-50(40-28-31-47-45-23-14-16-26-53(45)62(3,4)55(47)34-40)37-56(63-59(51)48-24-12-11-21-43(48)49)41-29-32-58-57(35-41)64-60(38-17-7-5-8-18-38)65(58)42-19-9-6-10-20-42/h5-37H,1-4H3. The highest BCUT2D eigenvalue weighted by Gasteiger charge is 2.37. The van der Waals surface area contributed by atoms with Crippen molar-refractivity contribution in [2.24, 2.45) is 0 Å². The summed E-state index contributed by atoms with van der Waals surface area (Å²) in [4.78, 5) is 11.0. The Labute approximate surface area is 379 Å². The molecular weight excluding hydrogens is 787 g/mol. The molecular formula is C62H45N3. The molecule has 2 aliphatic carbocycles. The van der Waals surface area contributed by atoms with Crippen molar-refractivity contribution in [1.29, 1.82) is 0 Å². The first kappa shape index (κ1) is 37.7. The van der Waals surface area contributed by atoms with Crippen LogP contribution < -0.4 is 0 Å². The van der Waals surface area contributed by atoms with Crippen molar-refractivity contribution in [3.05, 3.63) is 222 Å². The molecule has 0 aliphatic heterocycles. The van der Waals surface area contributed by atoms with Gasteiger partial charge in [0.1, 0.15) is 5.82 Å². The number of pyridine rings is 1. The van der Waals surface area contributed by atoms with Crippen LogP contribution in [0, 0.1) is 0 Å².